The van der Waals surface area contributed by atoms with E-state index in [4.69, 9.17) is 5.73 Å². The molecule has 4 nitrogen and oxygen atoms in total. The molecule has 1 aromatic heterocycles. The van der Waals surface area contributed by atoms with Crippen molar-refractivity contribution in [3.63, 3.8) is 0 Å². The third-order valence-corrected chi connectivity index (χ3v) is 2.46. The van der Waals surface area contributed by atoms with Gasteiger partial charge in [0.1, 0.15) is 0 Å². The zero-order valence-electron chi connectivity index (χ0n) is 9.44. The van der Waals surface area contributed by atoms with Gasteiger partial charge in [-0.2, -0.15) is 5.10 Å². The van der Waals surface area contributed by atoms with Crippen molar-refractivity contribution >= 4 is 5.78 Å². The van der Waals surface area contributed by atoms with Crippen LogP contribution in [0.3, 0.4) is 0 Å². The number of rotatable bonds is 6. The average Bonchev–Trinajstić information content (AvgIpc) is 2.64. The maximum Gasteiger partial charge on any atom is 0.154 e. The molecule has 0 saturated heterocycles. The molecule has 0 bridgehead atoms. The third-order valence-electron chi connectivity index (χ3n) is 2.46. The molecule has 1 heterocycles. The van der Waals surface area contributed by atoms with Gasteiger partial charge in [-0.1, -0.05) is 19.8 Å². The van der Waals surface area contributed by atoms with Gasteiger partial charge in [0.05, 0.1) is 12.2 Å². The van der Waals surface area contributed by atoms with Gasteiger partial charge in [0.15, 0.2) is 5.78 Å². The lowest BCUT2D eigenvalue weighted by atomic mass is 10.0. The Balaban J connectivity index is 2.46. The molecule has 1 atom stereocenters. The first-order valence-electron chi connectivity index (χ1n) is 5.42. The van der Waals surface area contributed by atoms with Gasteiger partial charge in [-0.25, -0.2) is 0 Å². The van der Waals surface area contributed by atoms with Crippen LogP contribution < -0.4 is 5.73 Å². The van der Waals surface area contributed by atoms with E-state index in [1.54, 1.807) is 17.1 Å². The minimum atomic E-state index is -0.504. The molecule has 0 aromatic carbocycles. The van der Waals surface area contributed by atoms with Gasteiger partial charge in [0.2, 0.25) is 0 Å². The smallest absolute Gasteiger partial charge is 0.154 e. The molecule has 0 aliphatic rings. The molecule has 0 amide bonds. The van der Waals surface area contributed by atoms with Gasteiger partial charge in [-0.05, 0) is 6.42 Å². The summed E-state index contributed by atoms with van der Waals surface area (Å²) in [6.45, 7) is 2.12. The third kappa shape index (κ3) is 3.47. The van der Waals surface area contributed by atoms with Crippen molar-refractivity contribution < 1.29 is 4.79 Å². The number of unbranched alkanes of at least 4 members (excludes halogenated alkanes) is 2. The Morgan fingerprint density at radius 2 is 2.33 bits per heavy atom. The number of aryl methyl sites for hydroxylation is 1. The quantitative estimate of drug-likeness (QED) is 0.723. The summed E-state index contributed by atoms with van der Waals surface area (Å²) in [4.78, 5) is 11.7. The zero-order valence-corrected chi connectivity index (χ0v) is 9.44. The second-order valence-corrected chi connectivity index (χ2v) is 3.85. The number of aromatic nitrogens is 2. The molecule has 0 fully saturated rings. The first kappa shape index (κ1) is 11.9. The predicted octanol–water partition coefficient (Wildman–Crippen LogP) is 1.57. The number of carbonyl (C=O) groups is 1. The van der Waals surface area contributed by atoms with Crippen molar-refractivity contribution in [2.45, 2.75) is 38.6 Å². The molecule has 2 N–H and O–H groups in total. The van der Waals surface area contributed by atoms with Gasteiger partial charge in [0, 0.05) is 25.2 Å². The number of ketones is 1. The van der Waals surface area contributed by atoms with E-state index in [1.165, 1.54) is 0 Å². The van der Waals surface area contributed by atoms with Gasteiger partial charge in [0.25, 0.3) is 0 Å². The highest BCUT2D eigenvalue weighted by Gasteiger charge is 2.16. The number of carbonyl (C=O) groups excluding carboxylic acids is 1. The van der Waals surface area contributed by atoms with Crippen LogP contribution in [0.4, 0.5) is 0 Å². The lowest BCUT2D eigenvalue weighted by molar-refractivity contribution is -0.120. The highest BCUT2D eigenvalue weighted by atomic mass is 16.1. The SMILES string of the molecule is CCCCCC(=O)C(N)c1cnn(C)c1. The molecule has 0 saturated carbocycles. The van der Waals surface area contributed by atoms with Gasteiger partial charge < -0.3 is 5.73 Å². The normalized spacial score (nSPS) is 12.7. The second kappa shape index (κ2) is 5.66. The standard InChI is InChI=1S/C11H19N3O/c1-3-4-5-6-10(15)11(12)9-7-13-14(2)8-9/h7-8,11H,3-6,12H2,1-2H3. The fraction of sp³-hybridized carbons (Fsp3) is 0.636. The molecule has 1 rings (SSSR count). The number of hydrogen-bond donors (Lipinski definition) is 1. The van der Waals surface area contributed by atoms with Gasteiger partial charge >= 0.3 is 0 Å². The minimum Gasteiger partial charge on any atom is -0.318 e. The summed E-state index contributed by atoms with van der Waals surface area (Å²) in [6.07, 6.45) is 7.17. The van der Waals surface area contributed by atoms with Crippen molar-refractivity contribution in [3.8, 4) is 0 Å². The highest BCUT2D eigenvalue weighted by Crippen LogP contribution is 2.13. The van der Waals surface area contributed by atoms with Crippen LogP contribution in [-0.4, -0.2) is 15.6 Å². The van der Waals surface area contributed by atoms with E-state index in [-0.39, 0.29) is 5.78 Å². The minimum absolute atomic E-state index is 0.108. The Morgan fingerprint density at radius 3 is 2.87 bits per heavy atom. The maximum atomic E-state index is 11.7. The molecular weight excluding hydrogens is 190 g/mol. The number of hydrogen-bond acceptors (Lipinski definition) is 3. The first-order chi connectivity index (χ1) is 7.15. The fourth-order valence-corrected chi connectivity index (χ4v) is 1.49. The Hall–Kier alpha value is -1.16. The number of nitrogens with two attached hydrogens (primary N) is 1. The van der Waals surface area contributed by atoms with Crippen LogP contribution >= 0.6 is 0 Å². The average molecular weight is 209 g/mol. The highest BCUT2D eigenvalue weighted by molar-refractivity contribution is 5.84. The van der Waals surface area contributed by atoms with Crippen molar-refractivity contribution in [1.82, 2.24) is 9.78 Å². The van der Waals surface area contributed by atoms with Gasteiger partial charge in [-0.15, -0.1) is 0 Å². The fourth-order valence-electron chi connectivity index (χ4n) is 1.49. The molecule has 4 heteroatoms. The van der Waals surface area contributed by atoms with Crippen LogP contribution in [0.5, 0.6) is 0 Å². The van der Waals surface area contributed by atoms with Crippen molar-refractivity contribution in [2.75, 3.05) is 0 Å². The molecule has 0 spiro atoms. The summed E-state index contributed by atoms with van der Waals surface area (Å²) in [5.41, 5.74) is 6.64. The summed E-state index contributed by atoms with van der Waals surface area (Å²) in [5, 5.41) is 4.00. The summed E-state index contributed by atoms with van der Waals surface area (Å²) in [7, 11) is 1.82. The monoisotopic (exact) mass is 209 g/mol. The summed E-state index contributed by atoms with van der Waals surface area (Å²) < 4.78 is 1.66. The van der Waals surface area contributed by atoms with Crippen molar-refractivity contribution in [3.05, 3.63) is 18.0 Å². The lowest BCUT2D eigenvalue weighted by Crippen LogP contribution is -2.20. The summed E-state index contributed by atoms with van der Waals surface area (Å²) in [6, 6.07) is -0.504. The van der Waals surface area contributed by atoms with E-state index >= 15 is 0 Å². The molecule has 1 aromatic rings. The molecule has 0 aliphatic heterocycles. The van der Waals surface area contributed by atoms with Gasteiger partial charge in [-0.3, -0.25) is 9.48 Å². The first-order valence-corrected chi connectivity index (χ1v) is 5.42. The van der Waals surface area contributed by atoms with E-state index in [9.17, 15) is 4.79 Å². The van der Waals surface area contributed by atoms with Crippen LogP contribution in [0.1, 0.15) is 44.2 Å². The number of Topliss-reactive ketones (excluding diaryl/α,β-unsaturated/α-hetero) is 1. The number of nitrogens with zero attached hydrogens (tertiary/aromatic N) is 2. The molecule has 84 valence electrons. The van der Waals surface area contributed by atoms with Crippen LogP contribution in [0.15, 0.2) is 12.4 Å². The Kier molecular flexibility index (Phi) is 4.49. The predicted molar refractivity (Wildman–Crippen MR) is 59.3 cm³/mol. The topological polar surface area (TPSA) is 60.9 Å². The van der Waals surface area contributed by atoms with Crippen molar-refractivity contribution in [1.29, 1.82) is 0 Å². The Bertz CT molecular complexity index is 319. The molecule has 15 heavy (non-hydrogen) atoms. The second-order valence-electron chi connectivity index (χ2n) is 3.85. The van der Waals surface area contributed by atoms with Crippen molar-refractivity contribution in [2.24, 2.45) is 12.8 Å². The lowest BCUT2D eigenvalue weighted by Gasteiger charge is -2.07. The van der Waals surface area contributed by atoms with Crippen LogP contribution in [0, 0.1) is 0 Å². The largest absolute Gasteiger partial charge is 0.318 e. The van der Waals surface area contributed by atoms with E-state index in [0.29, 0.717) is 6.42 Å². The van der Waals surface area contributed by atoms with Crippen LogP contribution in [0.2, 0.25) is 0 Å². The summed E-state index contributed by atoms with van der Waals surface area (Å²) >= 11 is 0. The molecule has 0 aliphatic carbocycles. The molecular formula is C11H19N3O. The van der Waals surface area contributed by atoms with E-state index < -0.39 is 6.04 Å². The van der Waals surface area contributed by atoms with Crippen LogP contribution in [0.25, 0.3) is 0 Å². The van der Waals surface area contributed by atoms with E-state index in [2.05, 4.69) is 12.0 Å². The zero-order chi connectivity index (χ0) is 11.3. The molecule has 1 unspecified atom stereocenters. The Labute approximate surface area is 90.5 Å². The maximum absolute atomic E-state index is 11.7. The summed E-state index contributed by atoms with van der Waals surface area (Å²) in [5.74, 6) is 0.108. The Morgan fingerprint density at radius 1 is 1.60 bits per heavy atom. The van der Waals surface area contributed by atoms with E-state index in [1.807, 2.05) is 7.05 Å². The van der Waals surface area contributed by atoms with Crippen LogP contribution in [-0.2, 0) is 11.8 Å². The van der Waals surface area contributed by atoms with E-state index in [0.717, 1.165) is 24.8 Å². The molecule has 0 radical (unpaired) electrons.